The van der Waals surface area contributed by atoms with Gasteiger partial charge in [0.05, 0.1) is 16.0 Å². The molecule has 14 heteroatoms. The Bertz CT molecular complexity index is 1030. The summed E-state index contributed by atoms with van der Waals surface area (Å²) in [5, 5.41) is 29.8. The van der Waals surface area contributed by atoms with Crippen molar-refractivity contribution >= 4 is 55.5 Å². The first-order valence-electron chi connectivity index (χ1n) is 7.41. The van der Waals surface area contributed by atoms with E-state index in [0.29, 0.717) is 5.56 Å². The third kappa shape index (κ3) is 8.13. The van der Waals surface area contributed by atoms with Gasteiger partial charge in [0.15, 0.2) is 0 Å². The lowest BCUT2D eigenvalue weighted by Gasteiger charge is -2.02. The number of benzene rings is 2. The van der Waals surface area contributed by atoms with Crippen molar-refractivity contribution in [2.75, 3.05) is 0 Å². The molecule has 0 spiro atoms. The van der Waals surface area contributed by atoms with Gasteiger partial charge in [-0.05, 0) is 41.1 Å². The van der Waals surface area contributed by atoms with Crippen LogP contribution in [-0.4, -0.2) is 35.3 Å². The predicted octanol–water partition coefficient (Wildman–Crippen LogP) is 3.09. The zero-order valence-electron chi connectivity index (χ0n) is 14.6. The average Bonchev–Trinajstić information content (AvgIpc) is 2.64. The van der Waals surface area contributed by atoms with Crippen LogP contribution in [-0.2, 0) is 10.1 Å². The van der Waals surface area contributed by atoms with E-state index >= 15 is 0 Å². The van der Waals surface area contributed by atoms with Crippen molar-refractivity contribution in [3.05, 3.63) is 67.1 Å². The van der Waals surface area contributed by atoms with Gasteiger partial charge in [-0.3, -0.25) is 25.3 Å². The van der Waals surface area contributed by atoms with Crippen LogP contribution in [0, 0.1) is 22.4 Å². The Kier molecular flexibility index (Phi) is 9.13. The topological polar surface area (TPSA) is 178 Å². The largest absolute Gasteiger partial charge is 0.294 e. The number of hydrogen-bond donors (Lipinski definition) is 5. The Labute approximate surface area is 178 Å². The lowest BCUT2D eigenvalue weighted by molar-refractivity contribution is -0.385. The molecule has 0 saturated carbocycles. The van der Waals surface area contributed by atoms with Crippen molar-refractivity contribution in [1.29, 1.82) is 5.41 Å². The summed E-state index contributed by atoms with van der Waals surface area (Å²) in [5.41, 5.74) is 4.77. The maximum absolute atomic E-state index is 10.7. The smallest absolute Gasteiger partial charge is 0.288 e. The first kappa shape index (κ1) is 24.5. The number of nitro groups is 1. The SMILES string of the molecule is Cc1ccc(S(=O)(=O)O)cc1.N=C(NO)NN=Cc1cc(Cl)cc([N+](=O)[O-])c1Br. The van der Waals surface area contributed by atoms with E-state index in [1.807, 2.05) is 6.92 Å². The fourth-order valence-corrected chi connectivity index (χ4v) is 2.90. The Hall–Kier alpha value is -2.58. The molecule has 0 aliphatic carbocycles. The van der Waals surface area contributed by atoms with Crippen LogP contribution in [0.4, 0.5) is 5.69 Å². The molecule has 0 atom stereocenters. The van der Waals surface area contributed by atoms with E-state index in [2.05, 4.69) is 26.5 Å². The van der Waals surface area contributed by atoms with Crippen LogP contribution in [0.15, 0.2) is 50.9 Å². The van der Waals surface area contributed by atoms with E-state index in [1.54, 1.807) is 12.1 Å². The van der Waals surface area contributed by atoms with Gasteiger partial charge in [-0.25, -0.2) is 10.9 Å². The van der Waals surface area contributed by atoms with Gasteiger partial charge >= 0.3 is 0 Å². The zero-order chi connectivity index (χ0) is 22.2. The van der Waals surface area contributed by atoms with Crippen LogP contribution >= 0.6 is 27.5 Å². The summed E-state index contributed by atoms with van der Waals surface area (Å²) < 4.78 is 29.8. The molecule has 0 fully saturated rings. The highest BCUT2D eigenvalue weighted by Crippen LogP contribution is 2.31. The number of guanidine groups is 1. The quantitative estimate of drug-likeness (QED) is 0.137. The molecule has 11 nitrogen and oxygen atoms in total. The van der Waals surface area contributed by atoms with Gasteiger partial charge in [-0.1, -0.05) is 29.3 Å². The lowest BCUT2D eigenvalue weighted by Crippen LogP contribution is -2.30. The minimum atomic E-state index is -4.02. The van der Waals surface area contributed by atoms with E-state index in [-0.39, 0.29) is 20.1 Å². The van der Waals surface area contributed by atoms with Gasteiger partial charge in [0.1, 0.15) is 4.47 Å². The molecule has 0 aromatic heterocycles. The van der Waals surface area contributed by atoms with E-state index < -0.39 is 21.0 Å². The first-order valence-corrected chi connectivity index (χ1v) is 10.0. The molecule has 0 bridgehead atoms. The fourth-order valence-electron chi connectivity index (χ4n) is 1.72. The molecular formula is C15H15BrClN5O6S. The van der Waals surface area contributed by atoms with Gasteiger partial charge < -0.3 is 0 Å². The monoisotopic (exact) mass is 507 g/mol. The minimum Gasteiger partial charge on any atom is -0.288 e. The van der Waals surface area contributed by atoms with Crippen LogP contribution in [0.5, 0.6) is 0 Å². The normalized spacial score (nSPS) is 10.8. The van der Waals surface area contributed by atoms with E-state index in [9.17, 15) is 18.5 Å². The molecule has 5 N–H and O–H groups in total. The summed E-state index contributed by atoms with van der Waals surface area (Å²) in [6, 6.07) is 8.65. The molecule has 2 aromatic carbocycles. The van der Waals surface area contributed by atoms with Crippen molar-refractivity contribution < 1.29 is 23.1 Å². The molecule has 156 valence electrons. The van der Waals surface area contributed by atoms with Crippen LogP contribution in [0.25, 0.3) is 0 Å². The van der Waals surface area contributed by atoms with E-state index in [0.717, 1.165) is 5.56 Å². The molecule has 0 aliphatic rings. The summed E-state index contributed by atoms with van der Waals surface area (Å²) in [6.07, 6.45) is 1.22. The molecule has 0 amide bonds. The second-order valence-corrected chi connectivity index (χ2v) is 7.88. The number of rotatable bonds is 4. The third-order valence-electron chi connectivity index (χ3n) is 3.05. The number of hydroxylamine groups is 1. The minimum absolute atomic E-state index is 0.0666. The standard InChI is InChI=1S/C8H7BrClN5O3.C7H8O3S/c9-7-4(3-12-13-8(11)14-16)1-5(10)2-6(7)15(17)18;1-6-2-4-7(5-3-6)11(8,9)10/h1-3,16H,(H3,11,13,14);2-5H,1H3,(H,8,9,10). The second kappa shape index (κ2) is 10.8. The fraction of sp³-hybridized carbons (Fsp3) is 0.0667. The highest BCUT2D eigenvalue weighted by molar-refractivity contribution is 9.10. The summed E-state index contributed by atoms with van der Waals surface area (Å²) >= 11 is 8.80. The van der Waals surface area contributed by atoms with Crippen molar-refractivity contribution in [2.45, 2.75) is 11.8 Å². The van der Waals surface area contributed by atoms with Crippen LogP contribution in [0.2, 0.25) is 5.02 Å². The summed E-state index contributed by atoms with van der Waals surface area (Å²) in [4.78, 5) is 10.1. The summed E-state index contributed by atoms with van der Waals surface area (Å²) in [5.74, 6) is -0.445. The predicted molar refractivity (Wildman–Crippen MR) is 110 cm³/mol. The maximum Gasteiger partial charge on any atom is 0.294 e. The number of hydrazone groups is 1. The van der Waals surface area contributed by atoms with Gasteiger partial charge in [0, 0.05) is 16.7 Å². The van der Waals surface area contributed by atoms with E-state index in [1.165, 1.54) is 36.0 Å². The number of nitrogens with zero attached hydrogens (tertiary/aromatic N) is 2. The summed E-state index contributed by atoms with van der Waals surface area (Å²) in [7, 11) is -4.02. The number of nitrogens with one attached hydrogen (secondary N) is 3. The number of hydrogen-bond acceptors (Lipinski definition) is 7. The average molecular weight is 509 g/mol. The molecule has 29 heavy (non-hydrogen) atoms. The molecule has 2 rings (SSSR count). The van der Waals surface area contributed by atoms with Crippen LogP contribution in [0.1, 0.15) is 11.1 Å². The Morgan fingerprint density at radius 2 is 1.93 bits per heavy atom. The van der Waals surface area contributed by atoms with Crippen LogP contribution < -0.4 is 10.9 Å². The highest BCUT2D eigenvalue weighted by Gasteiger charge is 2.16. The molecule has 0 heterocycles. The summed E-state index contributed by atoms with van der Waals surface area (Å²) in [6.45, 7) is 1.84. The molecule has 0 radical (unpaired) electrons. The van der Waals surface area contributed by atoms with Crippen molar-refractivity contribution in [3.8, 4) is 0 Å². The number of halogens is 2. The number of aryl methyl sites for hydroxylation is 1. The highest BCUT2D eigenvalue weighted by atomic mass is 79.9. The molecule has 2 aromatic rings. The first-order chi connectivity index (χ1) is 13.5. The van der Waals surface area contributed by atoms with Crippen molar-refractivity contribution in [1.82, 2.24) is 10.9 Å². The van der Waals surface area contributed by atoms with Gasteiger partial charge in [-0.2, -0.15) is 13.5 Å². The maximum atomic E-state index is 10.7. The van der Waals surface area contributed by atoms with Crippen LogP contribution in [0.3, 0.4) is 0 Å². The Morgan fingerprint density at radius 1 is 1.34 bits per heavy atom. The van der Waals surface area contributed by atoms with Gasteiger partial charge in [0.25, 0.3) is 15.8 Å². The van der Waals surface area contributed by atoms with Crippen molar-refractivity contribution in [2.24, 2.45) is 5.10 Å². The van der Waals surface area contributed by atoms with Gasteiger partial charge in [-0.15, -0.1) is 0 Å². The van der Waals surface area contributed by atoms with Gasteiger partial charge in [0.2, 0.25) is 5.96 Å². The lowest BCUT2D eigenvalue weighted by atomic mass is 10.2. The molecule has 0 aliphatic heterocycles. The third-order valence-corrected chi connectivity index (χ3v) is 5.00. The van der Waals surface area contributed by atoms with Crippen molar-refractivity contribution in [3.63, 3.8) is 0 Å². The molecule has 0 saturated heterocycles. The molecule has 0 unspecified atom stereocenters. The Morgan fingerprint density at radius 3 is 2.41 bits per heavy atom. The number of nitro benzene ring substituents is 1. The van der Waals surface area contributed by atoms with E-state index in [4.69, 9.17) is 26.8 Å². The zero-order valence-corrected chi connectivity index (χ0v) is 17.8. The molecular weight excluding hydrogens is 494 g/mol. The second-order valence-electron chi connectivity index (χ2n) is 5.23. The Balaban J connectivity index is 0.000000326.